The lowest BCUT2D eigenvalue weighted by Gasteiger charge is -2.19. The summed E-state index contributed by atoms with van der Waals surface area (Å²) in [4.78, 5) is 11.4. The Labute approximate surface area is 292 Å². The van der Waals surface area contributed by atoms with Crippen molar-refractivity contribution >= 4 is 29.4 Å². The van der Waals surface area contributed by atoms with Crippen LogP contribution in [0.15, 0.2) is 158 Å². The predicted octanol–water partition coefficient (Wildman–Crippen LogP) is 12.5. The van der Waals surface area contributed by atoms with E-state index in [1.165, 1.54) is 12.1 Å². The van der Waals surface area contributed by atoms with Crippen molar-refractivity contribution in [3.05, 3.63) is 169 Å². The molecule has 1 heterocycles. The first-order chi connectivity index (χ1) is 24.8. The molecule has 0 atom stereocenters. The maximum atomic E-state index is 14.7. The quantitative estimate of drug-likeness (QED) is 0.187. The first-order valence-electron chi connectivity index (χ1n) is 16.4. The average molecular weight is 689 g/mol. The van der Waals surface area contributed by atoms with E-state index in [0.29, 0.717) is 55.6 Å². The zero-order valence-electron chi connectivity index (χ0n) is 26.9. The number of phosphoric acid groups is 1. The van der Waals surface area contributed by atoms with Crippen molar-refractivity contribution in [2.75, 3.05) is 0 Å². The van der Waals surface area contributed by atoms with Crippen LogP contribution in [0.25, 0.3) is 77.2 Å². The van der Waals surface area contributed by atoms with Crippen molar-refractivity contribution < 1.29 is 27.3 Å². The number of fused-ring (bicyclic) bond motifs is 7. The molecular weight excluding hydrogens is 661 g/mol. The minimum absolute atomic E-state index is 0.203. The smallest absolute Gasteiger partial charge is 0.394 e. The van der Waals surface area contributed by atoms with Crippen molar-refractivity contribution in [2.45, 2.75) is 0 Å². The largest absolute Gasteiger partial charge is 0.584 e. The molecule has 0 radical (unpaired) electrons. The second kappa shape index (κ2) is 12.1. The maximum Gasteiger partial charge on any atom is 0.584 e. The third kappa shape index (κ3) is 5.37. The number of phosphoric ester groups is 1. The fraction of sp³-hybridized carbons (Fsp3) is 0. The summed E-state index contributed by atoms with van der Waals surface area (Å²) >= 11 is 0. The molecule has 8 aromatic rings. The van der Waals surface area contributed by atoms with Crippen molar-refractivity contribution in [2.24, 2.45) is 0 Å². The zero-order chi connectivity index (χ0) is 34.7. The van der Waals surface area contributed by atoms with Crippen LogP contribution in [0.2, 0.25) is 0 Å². The molecule has 0 aromatic heterocycles. The molecule has 4 nitrogen and oxygen atoms in total. The van der Waals surface area contributed by atoms with Gasteiger partial charge in [0, 0.05) is 33.4 Å². The van der Waals surface area contributed by atoms with E-state index < -0.39 is 7.82 Å². The highest BCUT2D eigenvalue weighted by molar-refractivity contribution is 7.48. The molecule has 1 aliphatic heterocycles. The Hall–Kier alpha value is -6.07. The highest BCUT2D eigenvalue weighted by atomic mass is 31.2. The van der Waals surface area contributed by atoms with Crippen molar-refractivity contribution in [1.82, 2.24) is 0 Å². The molecular formula is C44H27F2O4P. The SMILES string of the molecule is O=P1(O)Oc2c(-c3ccc(-c4ccccc4F)cc3)cc3ccccc3c2-c2c(c(-c3ccc(-c4ccccc4F)cc3)cc3ccccc23)O1. The summed E-state index contributed by atoms with van der Waals surface area (Å²) in [5, 5.41) is 3.39. The number of hydrogen-bond acceptors (Lipinski definition) is 3. The minimum Gasteiger partial charge on any atom is -0.394 e. The van der Waals surface area contributed by atoms with E-state index in [0.717, 1.165) is 21.5 Å². The number of benzene rings is 8. The summed E-state index contributed by atoms with van der Waals surface area (Å²) < 4.78 is 55.5. The topological polar surface area (TPSA) is 55.8 Å². The monoisotopic (exact) mass is 688 g/mol. The van der Waals surface area contributed by atoms with Gasteiger partial charge in [-0.25, -0.2) is 13.3 Å². The number of halogens is 2. The van der Waals surface area contributed by atoms with Gasteiger partial charge in [-0.3, -0.25) is 4.89 Å². The van der Waals surface area contributed by atoms with Gasteiger partial charge in [-0.15, -0.1) is 0 Å². The van der Waals surface area contributed by atoms with Gasteiger partial charge in [0.25, 0.3) is 0 Å². The Bertz CT molecular complexity index is 2520. The van der Waals surface area contributed by atoms with E-state index in [4.69, 9.17) is 9.05 Å². The highest BCUT2D eigenvalue weighted by Crippen LogP contribution is 2.61. The van der Waals surface area contributed by atoms with E-state index >= 15 is 0 Å². The standard InChI is InChI=1S/C44H27F2O4P/c45-39-15-7-5-11-33(39)27-17-21-29(22-18-27)37-25-31-9-1-3-13-35(31)41-42-36-14-4-2-10-32(36)26-38(44(42)50-51(47,48)49-43(37)41)30-23-19-28(20-24-30)34-12-6-8-16-40(34)46/h1-26H,(H,47,48). The molecule has 0 fully saturated rings. The first-order valence-corrected chi connectivity index (χ1v) is 17.9. The number of rotatable bonds is 4. The van der Waals surface area contributed by atoms with Gasteiger partial charge < -0.3 is 9.05 Å². The molecule has 246 valence electrons. The van der Waals surface area contributed by atoms with Crippen molar-refractivity contribution in [3.63, 3.8) is 0 Å². The van der Waals surface area contributed by atoms with Crippen LogP contribution in [0.3, 0.4) is 0 Å². The summed E-state index contributed by atoms with van der Waals surface area (Å²) in [5.74, 6) is -0.247. The predicted molar refractivity (Wildman–Crippen MR) is 200 cm³/mol. The summed E-state index contributed by atoms with van der Waals surface area (Å²) in [6, 6.07) is 47.4. The van der Waals surface area contributed by atoms with Crippen LogP contribution in [-0.2, 0) is 4.57 Å². The molecule has 51 heavy (non-hydrogen) atoms. The molecule has 0 amide bonds. The lowest BCUT2D eigenvalue weighted by Crippen LogP contribution is -2.00. The molecule has 0 bridgehead atoms. The molecule has 1 N–H and O–H groups in total. The highest BCUT2D eigenvalue weighted by Gasteiger charge is 2.37. The van der Waals surface area contributed by atoms with Gasteiger partial charge >= 0.3 is 7.82 Å². The zero-order valence-corrected chi connectivity index (χ0v) is 27.8. The van der Waals surface area contributed by atoms with Crippen LogP contribution in [0, 0.1) is 11.6 Å². The summed E-state index contributed by atoms with van der Waals surface area (Å²) in [6.07, 6.45) is 0. The van der Waals surface area contributed by atoms with Crippen LogP contribution in [0.5, 0.6) is 11.5 Å². The molecule has 8 aromatic carbocycles. The molecule has 0 spiro atoms. The van der Waals surface area contributed by atoms with Gasteiger partial charge in [-0.1, -0.05) is 133 Å². The van der Waals surface area contributed by atoms with Crippen LogP contribution < -0.4 is 9.05 Å². The fourth-order valence-corrected chi connectivity index (χ4v) is 7.95. The van der Waals surface area contributed by atoms with E-state index in [1.807, 2.05) is 109 Å². The molecule has 9 rings (SSSR count). The maximum absolute atomic E-state index is 14.7. The minimum atomic E-state index is -4.77. The van der Waals surface area contributed by atoms with Crippen LogP contribution in [-0.4, -0.2) is 4.89 Å². The Morgan fingerprint density at radius 1 is 0.431 bits per heavy atom. The van der Waals surface area contributed by atoms with Gasteiger partial charge in [-0.2, -0.15) is 0 Å². The average Bonchev–Trinajstić information content (AvgIpc) is 3.28. The van der Waals surface area contributed by atoms with Gasteiger partial charge in [-0.05, 0) is 68.1 Å². The van der Waals surface area contributed by atoms with Crippen LogP contribution in [0.4, 0.5) is 8.78 Å². The Morgan fingerprint density at radius 2 is 0.765 bits per heavy atom. The van der Waals surface area contributed by atoms with Crippen LogP contribution in [0.1, 0.15) is 0 Å². The molecule has 0 saturated carbocycles. The fourth-order valence-electron chi connectivity index (χ4n) is 7.07. The van der Waals surface area contributed by atoms with Crippen molar-refractivity contribution in [3.8, 4) is 67.1 Å². The lowest BCUT2D eigenvalue weighted by atomic mass is 9.86. The summed E-state index contributed by atoms with van der Waals surface area (Å²) in [7, 11) is -4.77. The van der Waals surface area contributed by atoms with Crippen LogP contribution >= 0.6 is 7.82 Å². The molecule has 0 saturated heterocycles. The Kier molecular flexibility index (Phi) is 7.32. The first kappa shape index (κ1) is 30.9. The van der Waals surface area contributed by atoms with Gasteiger partial charge in [0.2, 0.25) is 0 Å². The molecule has 1 aliphatic rings. The third-order valence-electron chi connectivity index (χ3n) is 9.43. The summed E-state index contributed by atoms with van der Waals surface area (Å²) in [6.45, 7) is 0. The molecule has 0 unspecified atom stereocenters. The Morgan fingerprint density at radius 3 is 1.16 bits per heavy atom. The van der Waals surface area contributed by atoms with E-state index in [-0.39, 0.29) is 23.1 Å². The third-order valence-corrected chi connectivity index (χ3v) is 10.3. The van der Waals surface area contributed by atoms with Crippen molar-refractivity contribution in [1.29, 1.82) is 0 Å². The van der Waals surface area contributed by atoms with E-state index in [9.17, 15) is 18.2 Å². The van der Waals surface area contributed by atoms with Gasteiger partial charge in [0.1, 0.15) is 23.1 Å². The van der Waals surface area contributed by atoms with Gasteiger partial charge in [0.15, 0.2) is 0 Å². The normalized spacial score (nSPS) is 13.2. The molecule has 7 heteroatoms. The Balaban J connectivity index is 1.31. The van der Waals surface area contributed by atoms with Gasteiger partial charge in [0.05, 0.1) is 0 Å². The molecule has 0 aliphatic carbocycles. The summed E-state index contributed by atoms with van der Waals surface area (Å²) in [5.41, 5.74) is 6.16. The lowest BCUT2D eigenvalue weighted by molar-refractivity contribution is 0.295. The van der Waals surface area contributed by atoms with E-state index in [2.05, 4.69) is 0 Å². The van der Waals surface area contributed by atoms with E-state index in [1.54, 1.807) is 36.4 Å². The second-order valence-corrected chi connectivity index (χ2v) is 13.8. The second-order valence-electron chi connectivity index (χ2n) is 12.5. The number of hydrogen-bond donors (Lipinski definition) is 1.